The molecule has 7 aromatic rings. The first-order valence-electron chi connectivity index (χ1n) is 12.0. The van der Waals surface area contributed by atoms with Crippen molar-refractivity contribution in [2.75, 3.05) is 0 Å². The predicted molar refractivity (Wildman–Crippen MR) is 164 cm³/mol. The van der Waals surface area contributed by atoms with Gasteiger partial charge in [0.2, 0.25) is 0 Å². The Balaban J connectivity index is 1.36. The van der Waals surface area contributed by atoms with Crippen LogP contribution in [0, 0.1) is 0 Å². The SMILES string of the molecule is c1cc(-c2cc(-c3cccs3)cc(-c3cccs3)n2)nc(-c2cc(-c3cccs3)cc(-c3cccs3)n2)c1. The van der Waals surface area contributed by atoms with Crippen LogP contribution in [0.25, 0.3) is 64.8 Å². The number of rotatable bonds is 6. The highest BCUT2D eigenvalue weighted by atomic mass is 32.1. The van der Waals surface area contributed by atoms with Crippen LogP contribution in [0.15, 0.2) is 113 Å². The summed E-state index contributed by atoms with van der Waals surface area (Å²) in [6.45, 7) is 0. The summed E-state index contributed by atoms with van der Waals surface area (Å²) in [6, 6.07) is 31.6. The molecule has 0 radical (unpaired) electrons. The van der Waals surface area contributed by atoms with Crippen LogP contribution in [-0.4, -0.2) is 15.0 Å². The van der Waals surface area contributed by atoms with Gasteiger partial charge in [0.1, 0.15) is 0 Å². The van der Waals surface area contributed by atoms with Gasteiger partial charge in [-0.15, -0.1) is 45.3 Å². The summed E-state index contributed by atoms with van der Waals surface area (Å²) in [5, 5.41) is 8.39. The Labute approximate surface area is 236 Å². The zero-order valence-electron chi connectivity index (χ0n) is 19.9. The molecular formula is C31H19N3S4. The van der Waals surface area contributed by atoms with Gasteiger partial charge < -0.3 is 0 Å². The number of aromatic nitrogens is 3. The molecule has 0 fully saturated rings. The Morgan fingerprint density at radius 1 is 0.342 bits per heavy atom. The Hall–Kier alpha value is -3.75. The molecule has 0 aromatic carbocycles. The second kappa shape index (κ2) is 10.2. The van der Waals surface area contributed by atoms with Crippen LogP contribution in [0.2, 0.25) is 0 Å². The van der Waals surface area contributed by atoms with Gasteiger partial charge in [-0.2, -0.15) is 0 Å². The van der Waals surface area contributed by atoms with Crippen LogP contribution >= 0.6 is 45.3 Å². The normalized spacial score (nSPS) is 11.2. The third-order valence-electron chi connectivity index (χ3n) is 6.08. The van der Waals surface area contributed by atoms with Crippen molar-refractivity contribution in [1.82, 2.24) is 15.0 Å². The summed E-state index contributed by atoms with van der Waals surface area (Å²) >= 11 is 6.86. The molecule has 182 valence electrons. The molecule has 38 heavy (non-hydrogen) atoms. The van der Waals surface area contributed by atoms with Gasteiger partial charge in [0.05, 0.1) is 43.9 Å². The fourth-order valence-electron chi connectivity index (χ4n) is 4.31. The van der Waals surface area contributed by atoms with Crippen LogP contribution in [-0.2, 0) is 0 Å². The molecule has 0 saturated heterocycles. The van der Waals surface area contributed by atoms with Crippen molar-refractivity contribution in [2.45, 2.75) is 0 Å². The third-order valence-corrected chi connectivity index (χ3v) is 9.71. The lowest BCUT2D eigenvalue weighted by molar-refractivity contribution is 1.23. The van der Waals surface area contributed by atoms with E-state index in [2.05, 4.69) is 94.3 Å². The number of pyridine rings is 3. The minimum Gasteiger partial charge on any atom is -0.245 e. The lowest BCUT2D eigenvalue weighted by Crippen LogP contribution is -1.95. The van der Waals surface area contributed by atoms with E-state index in [1.807, 2.05) is 18.2 Å². The quantitative estimate of drug-likeness (QED) is 0.203. The fraction of sp³-hybridized carbons (Fsp3) is 0. The summed E-state index contributed by atoms with van der Waals surface area (Å²) in [4.78, 5) is 19.9. The van der Waals surface area contributed by atoms with Crippen LogP contribution < -0.4 is 0 Å². The molecular weight excluding hydrogens is 543 g/mol. The maximum Gasteiger partial charge on any atom is 0.0900 e. The number of thiophene rings is 4. The van der Waals surface area contributed by atoms with Gasteiger partial charge in [0, 0.05) is 9.75 Å². The zero-order chi connectivity index (χ0) is 25.3. The summed E-state index contributed by atoms with van der Waals surface area (Å²) in [7, 11) is 0. The molecule has 0 aliphatic rings. The average Bonchev–Trinajstić information content (AvgIpc) is 3.81. The lowest BCUT2D eigenvalue weighted by atomic mass is 10.1. The van der Waals surface area contributed by atoms with E-state index in [-0.39, 0.29) is 0 Å². The molecule has 0 spiro atoms. The van der Waals surface area contributed by atoms with Gasteiger partial charge in [-0.25, -0.2) is 15.0 Å². The van der Waals surface area contributed by atoms with E-state index >= 15 is 0 Å². The Kier molecular flexibility index (Phi) is 6.27. The molecule has 3 nitrogen and oxygen atoms in total. The number of hydrogen-bond donors (Lipinski definition) is 0. The number of nitrogens with zero attached hydrogens (tertiary/aromatic N) is 3. The number of hydrogen-bond acceptors (Lipinski definition) is 7. The average molecular weight is 562 g/mol. The maximum atomic E-state index is 5.09. The molecule has 0 aliphatic heterocycles. The second-order valence-electron chi connectivity index (χ2n) is 8.57. The zero-order valence-corrected chi connectivity index (χ0v) is 23.2. The first-order chi connectivity index (χ1) is 18.8. The van der Waals surface area contributed by atoms with E-state index in [1.54, 1.807) is 45.3 Å². The molecule has 0 bridgehead atoms. The molecule has 0 N–H and O–H groups in total. The van der Waals surface area contributed by atoms with Crippen LogP contribution in [0.5, 0.6) is 0 Å². The summed E-state index contributed by atoms with van der Waals surface area (Å²) < 4.78 is 0. The van der Waals surface area contributed by atoms with E-state index < -0.39 is 0 Å². The van der Waals surface area contributed by atoms with E-state index in [4.69, 9.17) is 15.0 Å². The second-order valence-corrected chi connectivity index (χ2v) is 12.4. The molecule has 7 rings (SSSR count). The lowest BCUT2D eigenvalue weighted by Gasteiger charge is -2.10. The maximum absolute atomic E-state index is 5.09. The Morgan fingerprint density at radius 3 is 1.11 bits per heavy atom. The van der Waals surface area contributed by atoms with Crippen molar-refractivity contribution < 1.29 is 0 Å². The first-order valence-corrected chi connectivity index (χ1v) is 15.5. The van der Waals surface area contributed by atoms with Crippen LogP contribution in [0.4, 0.5) is 0 Å². The molecule has 0 aliphatic carbocycles. The van der Waals surface area contributed by atoms with Gasteiger partial charge in [-0.3, -0.25) is 0 Å². The topological polar surface area (TPSA) is 38.7 Å². The molecule has 7 heterocycles. The van der Waals surface area contributed by atoms with Crippen molar-refractivity contribution in [1.29, 1.82) is 0 Å². The standard InChI is InChI=1S/C31H19N3S4/c1-6-22(24-16-20(28-8-2-12-35-28)18-26(33-24)30-10-4-14-37-30)32-23(7-1)25-17-21(29-9-3-13-36-29)19-27(34-25)31-11-5-15-38-31/h1-19H. The van der Waals surface area contributed by atoms with E-state index in [0.29, 0.717) is 0 Å². The molecule has 7 aromatic heterocycles. The third kappa shape index (κ3) is 4.66. The first kappa shape index (κ1) is 23.4. The highest BCUT2D eigenvalue weighted by molar-refractivity contribution is 7.14. The van der Waals surface area contributed by atoms with E-state index in [0.717, 1.165) is 55.0 Å². The molecule has 0 saturated carbocycles. The smallest absolute Gasteiger partial charge is 0.0900 e. The Morgan fingerprint density at radius 2 is 0.711 bits per heavy atom. The summed E-state index contributed by atoms with van der Waals surface area (Å²) in [5.74, 6) is 0. The molecule has 7 heteroatoms. The van der Waals surface area contributed by atoms with Crippen molar-refractivity contribution in [3.8, 4) is 64.8 Å². The monoisotopic (exact) mass is 561 g/mol. The van der Waals surface area contributed by atoms with Crippen LogP contribution in [0.1, 0.15) is 0 Å². The minimum absolute atomic E-state index is 0.833. The Bertz CT molecular complexity index is 1570. The summed E-state index contributed by atoms with van der Waals surface area (Å²) in [5.41, 5.74) is 7.61. The highest BCUT2D eigenvalue weighted by Crippen LogP contribution is 2.36. The van der Waals surface area contributed by atoms with Crippen LogP contribution in [0.3, 0.4) is 0 Å². The van der Waals surface area contributed by atoms with Gasteiger partial charge in [0.15, 0.2) is 0 Å². The van der Waals surface area contributed by atoms with Crippen molar-refractivity contribution in [3.05, 3.63) is 113 Å². The summed E-state index contributed by atoms with van der Waals surface area (Å²) in [6.07, 6.45) is 0. The van der Waals surface area contributed by atoms with Crippen molar-refractivity contribution in [3.63, 3.8) is 0 Å². The minimum atomic E-state index is 0.833. The van der Waals surface area contributed by atoms with E-state index in [9.17, 15) is 0 Å². The molecule has 0 amide bonds. The predicted octanol–water partition coefficient (Wildman–Crippen LogP) is 10.1. The van der Waals surface area contributed by atoms with Gasteiger partial charge >= 0.3 is 0 Å². The highest BCUT2D eigenvalue weighted by Gasteiger charge is 2.14. The van der Waals surface area contributed by atoms with Gasteiger partial charge in [-0.1, -0.05) is 30.3 Å². The molecule has 0 unspecified atom stereocenters. The van der Waals surface area contributed by atoms with Gasteiger partial charge in [0.25, 0.3) is 0 Å². The van der Waals surface area contributed by atoms with E-state index in [1.165, 1.54) is 9.75 Å². The van der Waals surface area contributed by atoms with Crippen molar-refractivity contribution in [2.24, 2.45) is 0 Å². The fourth-order valence-corrected chi connectivity index (χ4v) is 7.12. The van der Waals surface area contributed by atoms with Crippen molar-refractivity contribution >= 4 is 45.3 Å². The van der Waals surface area contributed by atoms with Gasteiger partial charge in [-0.05, 0) is 93.3 Å². The molecule has 0 atom stereocenters. The largest absolute Gasteiger partial charge is 0.245 e.